The molecule has 1 aromatic heterocycles. The lowest BCUT2D eigenvalue weighted by molar-refractivity contribution is 0.0682. The number of amides is 2. The first kappa shape index (κ1) is 31.7. The highest BCUT2D eigenvalue weighted by Crippen LogP contribution is 2.33. The quantitative estimate of drug-likeness (QED) is 0.259. The molecule has 0 aliphatic carbocycles. The van der Waals surface area contributed by atoms with Gasteiger partial charge in [-0.3, -0.25) is 5.32 Å². The molecular formula is C21H18Cl2IN5O9S. The summed E-state index contributed by atoms with van der Waals surface area (Å²) in [7, 11) is -1.80. The molecule has 0 bridgehead atoms. The molecular weight excluding hydrogens is 696 g/mol. The van der Waals surface area contributed by atoms with Crippen LogP contribution in [-0.4, -0.2) is 65.8 Å². The van der Waals surface area contributed by atoms with E-state index >= 15 is 0 Å². The number of carboxylic acid groups (broad SMARTS) is 2. The van der Waals surface area contributed by atoms with Crippen molar-refractivity contribution in [1.82, 2.24) is 19.7 Å². The molecule has 39 heavy (non-hydrogen) atoms. The number of anilines is 1. The van der Waals surface area contributed by atoms with Crippen LogP contribution in [0.2, 0.25) is 10.0 Å². The number of methoxy groups -OCH3 is 2. The maximum absolute atomic E-state index is 12.4. The standard InChI is InChI=1S/C13H12IN5O6S.C8H6Cl2O3/c1-6-15-11(18-13(16-6)25-2)17-12(22)19-26(23,24)9-5-7(14)3-4-8(9)10(20)21;1-13-7-5(10)3-2-4(9)6(7)8(11)12/h3-5H,1-2H3,(H,20,21)(H2,15,16,17,18,19,22);2-3H,1H3,(H,11,12). The van der Waals surface area contributed by atoms with Gasteiger partial charge in [0, 0.05) is 3.57 Å². The van der Waals surface area contributed by atoms with Gasteiger partial charge in [-0.15, -0.1) is 0 Å². The molecule has 0 aliphatic heterocycles. The third kappa shape index (κ3) is 8.50. The van der Waals surface area contributed by atoms with Crippen molar-refractivity contribution in [2.75, 3.05) is 19.5 Å². The molecule has 2 amide bonds. The second-order valence-corrected chi connectivity index (χ2v) is 10.7. The maximum Gasteiger partial charge on any atom is 0.341 e. The van der Waals surface area contributed by atoms with Crippen LogP contribution in [0.1, 0.15) is 26.5 Å². The summed E-state index contributed by atoms with van der Waals surface area (Å²) >= 11 is 13.2. The average Bonchev–Trinajstić information content (AvgIpc) is 2.84. The van der Waals surface area contributed by atoms with Gasteiger partial charge >= 0.3 is 24.0 Å². The molecule has 208 valence electrons. The zero-order valence-corrected chi connectivity index (χ0v) is 24.5. The summed E-state index contributed by atoms with van der Waals surface area (Å²) in [6.07, 6.45) is 0. The van der Waals surface area contributed by atoms with Gasteiger partial charge in [-0.25, -0.2) is 27.5 Å². The second kappa shape index (κ2) is 13.5. The van der Waals surface area contributed by atoms with Gasteiger partial charge in [-0.1, -0.05) is 23.2 Å². The first-order valence-electron chi connectivity index (χ1n) is 10.1. The predicted molar refractivity (Wildman–Crippen MR) is 147 cm³/mol. The fourth-order valence-corrected chi connectivity index (χ4v) is 5.03. The minimum Gasteiger partial charge on any atom is -0.494 e. The summed E-state index contributed by atoms with van der Waals surface area (Å²) in [4.78, 5) is 44.8. The summed E-state index contributed by atoms with van der Waals surface area (Å²) < 4.78 is 36.6. The molecule has 0 atom stereocenters. The van der Waals surface area contributed by atoms with E-state index < -0.39 is 38.5 Å². The number of halogens is 3. The molecule has 0 saturated carbocycles. The predicted octanol–water partition coefficient (Wildman–Crippen LogP) is 3.70. The lowest BCUT2D eigenvalue weighted by Gasteiger charge is -2.10. The van der Waals surface area contributed by atoms with Crippen LogP contribution in [0.3, 0.4) is 0 Å². The molecule has 0 saturated heterocycles. The Morgan fingerprint density at radius 3 is 2.13 bits per heavy atom. The Kier molecular flexibility index (Phi) is 11.0. The molecule has 0 aliphatic rings. The largest absolute Gasteiger partial charge is 0.494 e. The minimum absolute atomic E-state index is 0.0681. The number of aromatic nitrogens is 3. The summed E-state index contributed by atoms with van der Waals surface area (Å²) in [5, 5.41) is 20.4. The number of benzene rings is 2. The van der Waals surface area contributed by atoms with E-state index in [1.54, 1.807) is 4.72 Å². The topological polar surface area (TPSA) is 207 Å². The molecule has 3 aromatic rings. The Labute approximate surface area is 244 Å². The number of ether oxygens (including phenoxy) is 2. The number of nitrogens with one attached hydrogen (secondary N) is 2. The maximum atomic E-state index is 12.4. The Hall–Kier alpha value is -3.48. The summed E-state index contributed by atoms with van der Waals surface area (Å²) in [5.41, 5.74) is -0.583. The van der Waals surface area contributed by atoms with Crippen molar-refractivity contribution in [2.24, 2.45) is 0 Å². The van der Waals surface area contributed by atoms with Gasteiger partial charge in [-0.05, 0) is 59.8 Å². The monoisotopic (exact) mass is 713 g/mol. The van der Waals surface area contributed by atoms with Crippen molar-refractivity contribution in [3.8, 4) is 11.8 Å². The van der Waals surface area contributed by atoms with Gasteiger partial charge in [0.2, 0.25) is 5.95 Å². The number of carbonyl (C=O) groups excluding carboxylic acids is 1. The number of sulfonamides is 1. The van der Waals surface area contributed by atoms with Gasteiger partial charge in [0.1, 0.15) is 16.3 Å². The Morgan fingerprint density at radius 1 is 0.949 bits per heavy atom. The molecule has 14 nitrogen and oxygen atoms in total. The lowest BCUT2D eigenvalue weighted by atomic mass is 10.2. The van der Waals surface area contributed by atoms with E-state index in [4.69, 9.17) is 42.9 Å². The highest BCUT2D eigenvalue weighted by molar-refractivity contribution is 14.1. The highest BCUT2D eigenvalue weighted by Gasteiger charge is 2.25. The van der Waals surface area contributed by atoms with E-state index in [-0.39, 0.29) is 39.1 Å². The first-order valence-corrected chi connectivity index (χ1v) is 13.4. The van der Waals surface area contributed by atoms with Crippen LogP contribution in [0.15, 0.2) is 35.2 Å². The number of hydrogen-bond acceptors (Lipinski definition) is 10. The number of carboxylic acids is 2. The average molecular weight is 714 g/mol. The lowest BCUT2D eigenvalue weighted by Crippen LogP contribution is -2.35. The zero-order valence-electron chi connectivity index (χ0n) is 20.0. The van der Waals surface area contributed by atoms with E-state index in [1.165, 1.54) is 39.3 Å². The van der Waals surface area contributed by atoms with Crippen LogP contribution in [0.5, 0.6) is 11.8 Å². The van der Waals surface area contributed by atoms with Crippen molar-refractivity contribution >= 4 is 79.7 Å². The number of urea groups is 1. The number of nitrogens with zero attached hydrogens (tertiary/aromatic N) is 3. The van der Waals surface area contributed by atoms with Gasteiger partial charge in [0.05, 0.1) is 29.8 Å². The molecule has 18 heteroatoms. The zero-order chi connectivity index (χ0) is 29.5. The van der Waals surface area contributed by atoms with E-state index in [9.17, 15) is 22.8 Å². The number of aryl methyl sites for hydroxylation is 1. The third-order valence-corrected chi connectivity index (χ3v) is 6.96. The SMILES string of the molecule is COc1c(Cl)ccc(Cl)c1C(=O)O.COc1nc(C)nc(NC(=O)NS(=O)(=O)c2cc(I)ccc2C(=O)O)n1. The Balaban J connectivity index is 0.000000344. The van der Waals surface area contributed by atoms with Crippen LogP contribution < -0.4 is 19.5 Å². The van der Waals surface area contributed by atoms with Crippen molar-refractivity contribution in [2.45, 2.75) is 11.8 Å². The fourth-order valence-electron chi connectivity index (χ4n) is 2.74. The van der Waals surface area contributed by atoms with Crippen molar-refractivity contribution in [3.05, 3.63) is 60.9 Å². The number of aromatic carboxylic acids is 2. The van der Waals surface area contributed by atoms with Crippen LogP contribution in [0, 0.1) is 10.5 Å². The fraction of sp³-hybridized carbons (Fsp3) is 0.143. The van der Waals surface area contributed by atoms with E-state index in [1.807, 2.05) is 22.6 Å². The minimum atomic E-state index is -4.45. The molecule has 2 aromatic carbocycles. The van der Waals surface area contributed by atoms with Crippen LogP contribution in [-0.2, 0) is 10.0 Å². The molecule has 0 radical (unpaired) electrons. The van der Waals surface area contributed by atoms with Crippen LogP contribution in [0.4, 0.5) is 10.7 Å². The van der Waals surface area contributed by atoms with E-state index in [0.717, 1.165) is 12.1 Å². The Morgan fingerprint density at radius 2 is 1.59 bits per heavy atom. The van der Waals surface area contributed by atoms with Crippen molar-refractivity contribution < 1.29 is 42.5 Å². The number of carbonyl (C=O) groups is 3. The molecule has 0 fully saturated rings. The summed E-state index contributed by atoms with van der Waals surface area (Å²) in [5.74, 6) is -2.52. The first-order chi connectivity index (χ1) is 18.2. The summed E-state index contributed by atoms with van der Waals surface area (Å²) in [6, 6.07) is 5.36. The molecule has 0 spiro atoms. The molecule has 1 heterocycles. The van der Waals surface area contributed by atoms with Gasteiger partial charge < -0.3 is 19.7 Å². The number of hydrogen-bond donors (Lipinski definition) is 4. The van der Waals surface area contributed by atoms with E-state index in [2.05, 4.69) is 20.3 Å². The highest BCUT2D eigenvalue weighted by atomic mass is 127. The molecule has 4 N–H and O–H groups in total. The van der Waals surface area contributed by atoms with Crippen LogP contribution >= 0.6 is 45.8 Å². The van der Waals surface area contributed by atoms with E-state index in [0.29, 0.717) is 3.57 Å². The van der Waals surface area contributed by atoms with Crippen molar-refractivity contribution in [1.29, 1.82) is 0 Å². The molecule has 3 rings (SSSR count). The normalized spacial score (nSPS) is 10.5. The third-order valence-electron chi connectivity index (χ3n) is 4.30. The molecule has 0 unspecified atom stereocenters. The van der Waals surface area contributed by atoms with Crippen molar-refractivity contribution in [3.63, 3.8) is 0 Å². The summed E-state index contributed by atoms with van der Waals surface area (Å²) in [6.45, 7) is 1.52. The van der Waals surface area contributed by atoms with Gasteiger partial charge in [-0.2, -0.15) is 15.0 Å². The smallest absolute Gasteiger partial charge is 0.341 e. The number of rotatable bonds is 7. The van der Waals surface area contributed by atoms with Gasteiger partial charge in [0.25, 0.3) is 10.0 Å². The Bertz CT molecular complexity index is 1540. The second-order valence-electron chi connectivity index (χ2n) is 6.94. The van der Waals surface area contributed by atoms with Crippen LogP contribution in [0.25, 0.3) is 0 Å². The van der Waals surface area contributed by atoms with Gasteiger partial charge in [0.15, 0.2) is 5.75 Å².